The van der Waals surface area contributed by atoms with Crippen LogP contribution in [0.5, 0.6) is 0 Å². The van der Waals surface area contributed by atoms with E-state index in [0.717, 1.165) is 44.1 Å². The van der Waals surface area contributed by atoms with Crippen LogP contribution in [0, 0.1) is 23.2 Å². The summed E-state index contributed by atoms with van der Waals surface area (Å²) in [6.45, 7) is 4.15. The summed E-state index contributed by atoms with van der Waals surface area (Å²) in [5.41, 5.74) is 0.269. The lowest BCUT2D eigenvalue weighted by atomic mass is 9.50. The lowest BCUT2D eigenvalue weighted by molar-refractivity contribution is -0.162. The first-order valence-corrected chi connectivity index (χ1v) is 10.0. The monoisotopic (exact) mass is 346 g/mol. The lowest BCUT2D eigenvalue weighted by Gasteiger charge is -2.56. The molecule has 6 atom stereocenters. The van der Waals surface area contributed by atoms with Gasteiger partial charge in [0.25, 0.3) is 0 Å². The third-order valence-corrected chi connectivity index (χ3v) is 7.92. The van der Waals surface area contributed by atoms with E-state index in [0.29, 0.717) is 31.1 Å². The number of hydrogen-bond donors (Lipinski definition) is 1. The molecule has 0 spiro atoms. The van der Waals surface area contributed by atoms with Gasteiger partial charge < -0.3 is 9.84 Å². The summed E-state index contributed by atoms with van der Waals surface area (Å²) < 4.78 is 5.80. The number of hydrogen-bond acceptors (Lipinski definition) is 4. The van der Waals surface area contributed by atoms with Gasteiger partial charge in [0.1, 0.15) is 6.10 Å². The minimum absolute atomic E-state index is 0.0328. The van der Waals surface area contributed by atoms with Crippen molar-refractivity contribution in [2.75, 3.05) is 0 Å². The number of rotatable bonds is 2. The Hall–Kier alpha value is -1.16. The number of aliphatic hydroxyl groups is 1. The van der Waals surface area contributed by atoms with Gasteiger partial charge in [0.2, 0.25) is 0 Å². The zero-order valence-corrected chi connectivity index (χ0v) is 15.4. The van der Waals surface area contributed by atoms with Crippen molar-refractivity contribution in [2.24, 2.45) is 23.2 Å². The molecule has 0 aromatic carbocycles. The largest absolute Gasteiger partial charge is 0.462 e. The SMILES string of the molecule is CCC(=O)O[C@@H]1CC[C@@H]2[C@@H]3CCC4=CC(=O)CC[C@]4(O)[C@@H]3CC[C@]21C. The Labute approximate surface area is 150 Å². The summed E-state index contributed by atoms with van der Waals surface area (Å²) in [5.74, 6) is 1.35. The Balaban J connectivity index is 1.59. The third-order valence-electron chi connectivity index (χ3n) is 7.92. The standard InChI is InChI=1S/C21H30O4/c1-3-19(23)25-18-7-6-16-15-5-4-13-12-14(22)8-11-21(13,24)17(15)9-10-20(16,18)2/h12,15-18,24H,3-11H2,1-2H3/t15-,16+,17+,18+,20+,21+/m0/s1. The highest BCUT2D eigenvalue weighted by Gasteiger charge is 2.60. The molecule has 4 aliphatic carbocycles. The Morgan fingerprint density at radius 2 is 2.00 bits per heavy atom. The first-order chi connectivity index (χ1) is 11.9. The molecule has 0 aliphatic heterocycles. The van der Waals surface area contributed by atoms with E-state index in [9.17, 15) is 14.7 Å². The molecule has 0 heterocycles. The van der Waals surface area contributed by atoms with E-state index >= 15 is 0 Å². The fourth-order valence-corrected chi connectivity index (χ4v) is 6.57. The van der Waals surface area contributed by atoms with Crippen LogP contribution in [0.3, 0.4) is 0 Å². The van der Waals surface area contributed by atoms with Crippen LogP contribution >= 0.6 is 0 Å². The van der Waals surface area contributed by atoms with Gasteiger partial charge in [0.15, 0.2) is 5.78 Å². The van der Waals surface area contributed by atoms with Crippen molar-refractivity contribution < 1.29 is 19.4 Å². The molecule has 4 aliphatic rings. The van der Waals surface area contributed by atoms with Crippen LogP contribution in [-0.2, 0) is 14.3 Å². The van der Waals surface area contributed by atoms with Crippen LogP contribution in [0.2, 0.25) is 0 Å². The van der Waals surface area contributed by atoms with Crippen molar-refractivity contribution in [1.29, 1.82) is 0 Å². The maximum Gasteiger partial charge on any atom is 0.305 e. The van der Waals surface area contributed by atoms with Crippen molar-refractivity contribution in [1.82, 2.24) is 0 Å². The number of carbonyl (C=O) groups excluding carboxylic acids is 2. The molecule has 138 valence electrons. The average Bonchev–Trinajstić information content (AvgIpc) is 2.92. The van der Waals surface area contributed by atoms with E-state index < -0.39 is 5.60 Å². The second-order valence-electron chi connectivity index (χ2n) is 8.93. The molecule has 0 unspecified atom stereocenters. The molecule has 0 aromatic heterocycles. The topological polar surface area (TPSA) is 63.6 Å². The Morgan fingerprint density at radius 1 is 1.20 bits per heavy atom. The fourth-order valence-electron chi connectivity index (χ4n) is 6.57. The summed E-state index contributed by atoms with van der Waals surface area (Å²) in [6, 6.07) is 0. The number of esters is 1. The Bertz CT molecular complexity index is 623. The van der Waals surface area contributed by atoms with Gasteiger partial charge in [0, 0.05) is 18.3 Å². The van der Waals surface area contributed by atoms with Crippen LogP contribution in [0.1, 0.15) is 71.6 Å². The van der Waals surface area contributed by atoms with Crippen LogP contribution in [0.15, 0.2) is 11.6 Å². The highest BCUT2D eigenvalue weighted by atomic mass is 16.5. The number of ether oxygens (including phenoxy) is 1. The minimum Gasteiger partial charge on any atom is -0.462 e. The molecule has 25 heavy (non-hydrogen) atoms. The van der Waals surface area contributed by atoms with Crippen molar-refractivity contribution in [3.63, 3.8) is 0 Å². The molecule has 4 nitrogen and oxygen atoms in total. The van der Waals surface area contributed by atoms with Gasteiger partial charge in [-0.05, 0) is 74.3 Å². The fraction of sp³-hybridized carbons (Fsp3) is 0.810. The van der Waals surface area contributed by atoms with Crippen LogP contribution in [-0.4, -0.2) is 28.6 Å². The smallest absolute Gasteiger partial charge is 0.305 e. The highest BCUT2D eigenvalue weighted by molar-refractivity contribution is 5.92. The number of ketones is 1. The van der Waals surface area contributed by atoms with E-state index in [1.165, 1.54) is 0 Å². The summed E-state index contributed by atoms with van der Waals surface area (Å²) in [5, 5.41) is 11.5. The van der Waals surface area contributed by atoms with E-state index in [1.54, 1.807) is 6.08 Å². The average molecular weight is 346 g/mol. The maximum atomic E-state index is 11.8. The predicted molar refractivity (Wildman–Crippen MR) is 93.7 cm³/mol. The van der Waals surface area contributed by atoms with Gasteiger partial charge in [-0.1, -0.05) is 13.8 Å². The predicted octanol–water partition coefficient (Wildman–Crippen LogP) is 3.56. The minimum atomic E-state index is -0.768. The number of carbonyl (C=O) groups is 2. The van der Waals surface area contributed by atoms with Crippen LogP contribution < -0.4 is 0 Å². The van der Waals surface area contributed by atoms with E-state index in [2.05, 4.69) is 6.92 Å². The summed E-state index contributed by atoms with van der Waals surface area (Å²) in [4.78, 5) is 23.6. The Morgan fingerprint density at radius 3 is 2.76 bits per heavy atom. The zero-order chi connectivity index (χ0) is 17.8. The molecular weight excluding hydrogens is 316 g/mol. The first kappa shape index (κ1) is 17.3. The molecule has 4 heteroatoms. The number of fused-ring (bicyclic) bond motifs is 5. The maximum absolute atomic E-state index is 11.8. The molecule has 0 amide bonds. The normalized spacial score (nSPS) is 45.9. The van der Waals surface area contributed by atoms with E-state index in [-0.39, 0.29) is 29.2 Å². The summed E-state index contributed by atoms with van der Waals surface area (Å²) in [7, 11) is 0. The van der Waals surface area contributed by atoms with Gasteiger partial charge in [-0.15, -0.1) is 0 Å². The van der Waals surface area contributed by atoms with E-state index in [4.69, 9.17) is 4.74 Å². The molecule has 0 radical (unpaired) electrons. The first-order valence-electron chi connectivity index (χ1n) is 10.0. The lowest BCUT2D eigenvalue weighted by Crippen LogP contribution is -2.56. The molecule has 4 rings (SSSR count). The second-order valence-corrected chi connectivity index (χ2v) is 8.93. The van der Waals surface area contributed by atoms with Gasteiger partial charge in [-0.3, -0.25) is 9.59 Å². The molecular formula is C21H30O4. The second kappa shape index (κ2) is 5.94. The van der Waals surface area contributed by atoms with Gasteiger partial charge in [0.05, 0.1) is 5.60 Å². The molecule has 0 saturated heterocycles. The molecule has 3 fully saturated rings. The highest BCUT2D eigenvalue weighted by Crippen LogP contribution is 2.63. The van der Waals surface area contributed by atoms with Gasteiger partial charge >= 0.3 is 5.97 Å². The van der Waals surface area contributed by atoms with E-state index in [1.807, 2.05) is 6.92 Å². The zero-order valence-electron chi connectivity index (χ0n) is 15.4. The summed E-state index contributed by atoms with van der Waals surface area (Å²) in [6.07, 6.45) is 9.19. The van der Waals surface area contributed by atoms with Crippen molar-refractivity contribution in [3.05, 3.63) is 11.6 Å². The quantitative estimate of drug-likeness (QED) is 0.777. The molecule has 0 aromatic rings. The van der Waals surface area contributed by atoms with Crippen molar-refractivity contribution in [3.8, 4) is 0 Å². The van der Waals surface area contributed by atoms with Crippen LogP contribution in [0.25, 0.3) is 0 Å². The third kappa shape index (κ3) is 2.51. The Kier molecular flexibility index (Phi) is 4.10. The molecule has 3 saturated carbocycles. The molecule has 1 N–H and O–H groups in total. The van der Waals surface area contributed by atoms with Gasteiger partial charge in [-0.2, -0.15) is 0 Å². The molecule has 0 bridgehead atoms. The van der Waals surface area contributed by atoms with Gasteiger partial charge in [-0.25, -0.2) is 0 Å². The summed E-state index contributed by atoms with van der Waals surface area (Å²) >= 11 is 0. The van der Waals surface area contributed by atoms with Crippen LogP contribution in [0.4, 0.5) is 0 Å². The van der Waals surface area contributed by atoms with Crippen molar-refractivity contribution in [2.45, 2.75) is 83.3 Å². The van der Waals surface area contributed by atoms with Crippen molar-refractivity contribution >= 4 is 11.8 Å².